The number of rotatable bonds is 6. The molecule has 4 nitrogen and oxygen atoms in total. The van der Waals surface area contributed by atoms with Crippen LogP contribution in [-0.4, -0.2) is 11.4 Å². The summed E-state index contributed by atoms with van der Waals surface area (Å²) in [5.41, 5.74) is 3.71. The van der Waals surface area contributed by atoms with Crippen LogP contribution in [-0.2, 0) is 11.2 Å². The quantitative estimate of drug-likeness (QED) is 0.685. The first-order valence-electron chi connectivity index (χ1n) is 8.04. The Balaban J connectivity index is 1.87. The number of amides is 1. The lowest BCUT2D eigenvalue weighted by molar-refractivity contribution is -0.110. The van der Waals surface area contributed by atoms with Crippen LogP contribution in [0.2, 0.25) is 0 Å². The number of H-pyrrole nitrogens is 1. The Labute approximate surface area is 140 Å². The van der Waals surface area contributed by atoms with Crippen LogP contribution in [0.3, 0.4) is 0 Å². The van der Waals surface area contributed by atoms with Gasteiger partial charge in [0.1, 0.15) is 0 Å². The molecule has 3 aromatic rings. The lowest BCUT2D eigenvalue weighted by Crippen LogP contribution is -2.20. The van der Waals surface area contributed by atoms with Crippen molar-refractivity contribution in [3.05, 3.63) is 81.6 Å². The largest absolute Gasteiger partial charge is 0.352 e. The number of aromatic amines is 1. The summed E-state index contributed by atoms with van der Waals surface area (Å²) in [6, 6.07) is 17.9. The fraction of sp³-hybridized carbons (Fsp3) is 0.200. The zero-order valence-electron chi connectivity index (χ0n) is 13.6. The number of fused-ring (bicyclic) bond motifs is 1. The molecule has 0 spiro atoms. The van der Waals surface area contributed by atoms with Gasteiger partial charge in [0.2, 0.25) is 6.41 Å². The molecular formula is C20H20N2O2. The Morgan fingerprint density at radius 3 is 2.67 bits per heavy atom. The molecule has 0 saturated heterocycles. The first-order valence-corrected chi connectivity index (χ1v) is 8.04. The summed E-state index contributed by atoms with van der Waals surface area (Å²) in [5, 5.41) is 3.88. The number of nitrogens with one attached hydrogen (secondary N) is 2. The number of carbonyl (C=O) groups excluding carboxylic acids is 1. The zero-order chi connectivity index (χ0) is 16.9. The minimum Gasteiger partial charge on any atom is -0.352 e. The molecule has 1 atom stereocenters. The van der Waals surface area contributed by atoms with Crippen LogP contribution in [0.1, 0.15) is 29.2 Å². The Hall–Kier alpha value is -2.88. The topological polar surface area (TPSA) is 62.0 Å². The third kappa shape index (κ3) is 3.54. The van der Waals surface area contributed by atoms with E-state index in [9.17, 15) is 9.59 Å². The van der Waals surface area contributed by atoms with E-state index >= 15 is 0 Å². The fourth-order valence-corrected chi connectivity index (χ4v) is 2.93. The second kappa shape index (κ2) is 7.13. The van der Waals surface area contributed by atoms with Crippen molar-refractivity contribution in [1.82, 2.24) is 10.3 Å². The normalized spacial score (nSPS) is 12.0. The molecule has 122 valence electrons. The zero-order valence-corrected chi connectivity index (χ0v) is 13.6. The molecule has 3 rings (SSSR count). The van der Waals surface area contributed by atoms with Gasteiger partial charge >= 0.3 is 0 Å². The number of pyridine rings is 1. The summed E-state index contributed by atoms with van der Waals surface area (Å²) in [6.45, 7) is 1.79. The van der Waals surface area contributed by atoms with E-state index in [1.807, 2.05) is 42.5 Å². The molecule has 0 fully saturated rings. The van der Waals surface area contributed by atoms with Crippen molar-refractivity contribution in [2.75, 3.05) is 0 Å². The fourth-order valence-electron chi connectivity index (χ4n) is 2.93. The van der Waals surface area contributed by atoms with Gasteiger partial charge in [0.15, 0.2) is 0 Å². The van der Waals surface area contributed by atoms with E-state index in [0.717, 1.165) is 35.7 Å². The van der Waals surface area contributed by atoms with Crippen LogP contribution < -0.4 is 10.9 Å². The van der Waals surface area contributed by atoms with E-state index in [2.05, 4.69) is 22.4 Å². The predicted molar refractivity (Wildman–Crippen MR) is 96.0 cm³/mol. The van der Waals surface area contributed by atoms with E-state index in [1.54, 1.807) is 6.92 Å². The van der Waals surface area contributed by atoms with Crippen LogP contribution in [0.5, 0.6) is 0 Å². The molecule has 1 aromatic heterocycles. The summed E-state index contributed by atoms with van der Waals surface area (Å²) >= 11 is 0. The maximum Gasteiger partial charge on any atom is 0.251 e. The Bertz CT molecular complexity index is 900. The highest BCUT2D eigenvalue weighted by molar-refractivity contribution is 5.79. The molecule has 0 saturated carbocycles. The first kappa shape index (κ1) is 16.0. The van der Waals surface area contributed by atoms with Crippen molar-refractivity contribution in [3.8, 4) is 0 Å². The van der Waals surface area contributed by atoms with E-state index in [4.69, 9.17) is 0 Å². The molecule has 0 bridgehead atoms. The highest BCUT2D eigenvalue weighted by atomic mass is 16.1. The standard InChI is InChI=1S/C20H20N2O2/c1-14-11-17-12-16(8-10-19(17)22-20(14)24)18(21-13-23)9-7-15-5-3-2-4-6-15/h2-6,8,10-13,18H,7,9H2,1H3,(H,21,23)(H,22,24). The molecule has 0 aliphatic rings. The lowest BCUT2D eigenvalue weighted by atomic mass is 9.97. The van der Waals surface area contributed by atoms with Crippen molar-refractivity contribution < 1.29 is 4.79 Å². The maximum atomic E-state index is 11.7. The Morgan fingerprint density at radius 1 is 1.12 bits per heavy atom. The van der Waals surface area contributed by atoms with Gasteiger partial charge in [-0.25, -0.2) is 0 Å². The average Bonchev–Trinajstić information content (AvgIpc) is 2.60. The molecule has 2 N–H and O–H groups in total. The maximum absolute atomic E-state index is 11.7. The summed E-state index contributed by atoms with van der Waals surface area (Å²) in [4.78, 5) is 25.6. The lowest BCUT2D eigenvalue weighted by Gasteiger charge is -2.17. The van der Waals surface area contributed by atoms with E-state index in [1.165, 1.54) is 5.56 Å². The van der Waals surface area contributed by atoms with Gasteiger partial charge in [0, 0.05) is 11.1 Å². The van der Waals surface area contributed by atoms with Gasteiger partial charge in [-0.15, -0.1) is 0 Å². The monoisotopic (exact) mass is 320 g/mol. The summed E-state index contributed by atoms with van der Waals surface area (Å²) in [6.07, 6.45) is 2.45. The predicted octanol–water partition coefficient (Wildman–Crippen LogP) is 3.26. The Kier molecular flexibility index (Phi) is 4.75. The van der Waals surface area contributed by atoms with Crippen LogP contribution >= 0.6 is 0 Å². The second-order valence-electron chi connectivity index (χ2n) is 5.99. The number of aromatic nitrogens is 1. The van der Waals surface area contributed by atoms with Gasteiger partial charge in [0.05, 0.1) is 6.04 Å². The summed E-state index contributed by atoms with van der Waals surface area (Å²) in [5.74, 6) is 0. The van der Waals surface area contributed by atoms with Gasteiger partial charge < -0.3 is 10.3 Å². The van der Waals surface area contributed by atoms with Crippen LogP contribution in [0.15, 0.2) is 59.4 Å². The molecule has 24 heavy (non-hydrogen) atoms. The second-order valence-corrected chi connectivity index (χ2v) is 5.99. The number of hydrogen-bond donors (Lipinski definition) is 2. The van der Waals surface area contributed by atoms with Crippen molar-refractivity contribution >= 4 is 17.3 Å². The highest BCUT2D eigenvalue weighted by Gasteiger charge is 2.12. The van der Waals surface area contributed by atoms with Gasteiger partial charge in [-0.05, 0) is 54.5 Å². The number of hydrogen-bond acceptors (Lipinski definition) is 2. The first-order chi connectivity index (χ1) is 11.7. The van der Waals surface area contributed by atoms with E-state index in [-0.39, 0.29) is 11.6 Å². The van der Waals surface area contributed by atoms with Crippen LogP contribution in [0.25, 0.3) is 10.9 Å². The van der Waals surface area contributed by atoms with Gasteiger partial charge in [-0.3, -0.25) is 9.59 Å². The Morgan fingerprint density at radius 2 is 1.92 bits per heavy atom. The number of carbonyl (C=O) groups is 1. The van der Waals surface area contributed by atoms with Gasteiger partial charge in [-0.2, -0.15) is 0 Å². The molecule has 1 heterocycles. The molecule has 1 unspecified atom stereocenters. The third-order valence-corrected chi connectivity index (χ3v) is 4.29. The summed E-state index contributed by atoms with van der Waals surface area (Å²) in [7, 11) is 0. The van der Waals surface area contributed by atoms with Crippen molar-refractivity contribution in [2.45, 2.75) is 25.8 Å². The molecule has 0 aliphatic heterocycles. The van der Waals surface area contributed by atoms with Crippen LogP contribution in [0, 0.1) is 6.92 Å². The molecule has 1 amide bonds. The minimum absolute atomic E-state index is 0.0562. The van der Waals surface area contributed by atoms with Gasteiger partial charge in [-0.1, -0.05) is 36.4 Å². The number of benzene rings is 2. The van der Waals surface area contributed by atoms with Crippen molar-refractivity contribution in [1.29, 1.82) is 0 Å². The minimum atomic E-state index is -0.0677. The van der Waals surface area contributed by atoms with Crippen molar-refractivity contribution in [3.63, 3.8) is 0 Å². The molecule has 0 aliphatic carbocycles. The van der Waals surface area contributed by atoms with Crippen LogP contribution in [0.4, 0.5) is 0 Å². The SMILES string of the molecule is Cc1cc2cc(C(CCc3ccccc3)NC=O)ccc2[nH]c1=O. The molecule has 0 radical (unpaired) electrons. The average molecular weight is 320 g/mol. The molecular weight excluding hydrogens is 300 g/mol. The molecule has 2 aromatic carbocycles. The smallest absolute Gasteiger partial charge is 0.251 e. The van der Waals surface area contributed by atoms with Crippen molar-refractivity contribution in [2.24, 2.45) is 0 Å². The third-order valence-electron chi connectivity index (χ3n) is 4.29. The van der Waals surface area contributed by atoms with E-state index in [0.29, 0.717) is 5.56 Å². The number of aryl methyl sites for hydroxylation is 2. The van der Waals surface area contributed by atoms with E-state index < -0.39 is 0 Å². The summed E-state index contributed by atoms with van der Waals surface area (Å²) < 4.78 is 0. The highest BCUT2D eigenvalue weighted by Crippen LogP contribution is 2.23. The van der Waals surface area contributed by atoms with Gasteiger partial charge in [0.25, 0.3) is 5.56 Å². The molecule has 4 heteroatoms.